The third kappa shape index (κ3) is 5.35. The van der Waals surface area contributed by atoms with E-state index in [1.807, 2.05) is 6.92 Å². The number of thiocarbonyl (C=S) groups is 1. The molecule has 0 bridgehead atoms. The van der Waals surface area contributed by atoms with Crippen molar-refractivity contribution in [3.63, 3.8) is 0 Å². The summed E-state index contributed by atoms with van der Waals surface area (Å²) in [4.78, 5) is 26.3. The maximum Gasteiger partial charge on any atom is 0.265 e. The van der Waals surface area contributed by atoms with Crippen molar-refractivity contribution < 1.29 is 23.5 Å². The first-order chi connectivity index (χ1) is 14.9. The van der Waals surface area contributed by atoms with Crippen molar-refractivity contribution in [1.29, 1.82) is 0 Å². The van der Waals surface area contributed by atoms with Gasteiger partial charge in [-0.1, -0.05) is 24.3 Å². The molecule has 2 amide bonds. The van der Waals surface area contributed by atoms with E-state index in [0.29, 0.717) is 23.7 Å². The van der Waals surface area contributed by atoms with Crippen LogP contribution >= 0.6 is 12.2 Å². The van der Waals surface area contributed by atoms with Crippen molar-refractivity contribution in [3.8, 4) is 11.5 Å². The molecule has 0 aromatic heterocycles. The number of ether oxygens (including phenoxy) is 2. The first-order valence-electron chi connectivity index (χ1n) is 9.56. The van der Waals surface area contributed by atoms with Crippen molar-refractivity contribution >= 4 is 35.2 Å². The Morgan fingerprint density at radius 2 is 1.87 bits per heavy atom. The molecule has 0 unspecified atom stereocenters. The topological polar surface area (TPSA) is 67.9 Å². The number of rotatable bonds is 8. The number of carbonyl (C=O) groups is 2. The summed E-state index contributed by atoms with van der Waals surface area (Å²) >= 11 is 5.05. The zero-order valence-electron chi connectivity index (χ0n) is 16.9. The molecular weight excluding hydrogens is 419 g/mol. The number of carbonyl (C=O) groups excluding carboxylic acids is 2. The zero-order chi connectivity index (χ0) is 22.4. The minimum absolute atomic E-state index is 0.0436. The van der Waals surface area contributed by atoms with E-state index in [2.05, 4.69) is 11.9 Å². The van der Waals surface area contributed by atoms with Gasteiger partial charge in [0.1, 0.15) is 18.0 Å². The quantitative estimate of drug-likeness (QED) is 0.294. The Balaban J connectivity index is 1.84. The van der Waals surface area contributed by atoms with Gasteiger partial charge in [-0.25, -0.2) is 4.39 Å². The fourth-order valence-corrected chi connectivity index (χ4v) is 3.15. The molecule has 8 heteroatoms. The van der Waals surface area contributed by atoms with Gasteiger partial charge in [0.2, 0.25) is 0 Å². The highest BCUT2D eigenvalue weighted by atomic mass is 32.1. The summed E-state index contributed by atoms with van der Waals surface area (Å²) in [6.45, 7) is 6.26. The van der Waals surface area contributed by atoms with Gasteiger partial charge >= 0.3 is 0 Å². The number of nitrogens with one attached hydrogen (secondary N) is 1. The van der Waals surface area contributed by atoms with Crippen LogP contribution in [0.4, 0.5) is 4.39 Å². The second-order valence-electron chi connectivity index (χ2n) is 6.58. The Kier molecular flexibility index (Phi) is 7.15. The molecule has 3 rings (SSSR count). The number of amides is 2. The van der Waals surface area contributed by atoms with E-state index in [1.165, 1.54) is 29.2 Å². The minimum Gasteiger partial charge on any atom is -0.490 e. The second kappa shape index (κ2) is 9.99. The lowest BCUT2D eigenvalue weighted by atomic mass is 10.1. The molecule has 6 nitrogen and oxygen atoms in total. The molecule has 0 saturated carbocycles. The summed E-state index contributed by atoms with van der Waals surface area (Å²) < 4.78 is 24.5. The molecule has 0 atom stereocenters. The van der Waals surface area contributed by atoms with E-state index in [0.717, 1.165) is 5.56 Å². The molecule has 1 aliphatic heterocycles. The molecule has 1 heterocycles. The highest BCUT2D eigenvalue weighted by Crippen LogP contribution is 2.30. The van der Waals surface area contributed by atoms with Crippen LogP contribution in [0, 0.1) is 5.82 Å². The van der Waals surface area contributed by atoms with Crippen LogP contribution in [0.3, 0.4) is 0 Å². The number of halogens is 1. The average Bonchev–Trinajstić information content (AvgIpc) is 2.75. The number of hydrogen-bond acceptors (Lipinski definition) is 5. The van der Waals surface area contributed by atoms with Gasteiger partial charge in [-0.15, -0.1) is 6.58 Å². The summed E-state index contributed by atoms with van der Waals surface area (Å²) in [5, 5.41) is 2.56. The van der Waals surface area contributed by atoms with E-state index in [4.69, 9.17) is 21.7 Å². The highest BCUT2D eigenvalue weighted by Gasteiger charge is 2.32. The molecule has 2 aromatic carbocycles. The van der Waals surface area contributed by atoms with Crippen LogP contribution in [0.25, 0.3) is 6.08 Å². The number of nitrogens with zero attached hydrogens (tertiary/aromatic N) is 1. The normalized spacial score (nSPS) is 15.1. The Hall–Kier alpha value is -3.52. The third-order valence-electron chi connectivity index (χ3n) is 4.38. The van der Waals surface area contributed by atoms with Crippen LogP contribution in [0.5, 0.6) is 11.5 Å². The van der Waals surface area contributed by atoms with Crippen LogP contribution in [0.2, 0.25) is 0 Å². The SMILES string of the molecule is C=CCN1C(=O)/C(=C/c2ccc(OCc3ccc(F)cc3)c(OCC)c2)C(=O)NC1=S. The van der Waals surface area contributed by atoms with Crippen molar-refractivity contribution in [3.05, 3.63) is 77.6 Å². The molecule has 0 aliphatic carbocycles. The van der Waals surface area contributed by atoms with E-state index in [1.54, 1.807) is 30.3 Å². The average molecular weight is 440 g/mol. The Labute approximate surface area is 185 Å². The van der Waals surface area contributed by atoms with Gasteiger partial charge in [0.25, 0.3) is 11.8 Å². The summed E-state index contributed by atoms with van der Waals surface area (Å²) in [5.74, 6) is -0.429. The van der Waals surface area contributed by atoms with E-state index >= 15 is 0 Å². The first-order valence-corrected chi connectivity index (χ1v) is 9.97. The van der Waals surface area contributed by atoms with Crippen LogP contribution in [0.15, 0.2) is 60.7 Å². The van der Waals surface area contributed by atoms with E-state index in [9.17, 15) is 14.0 Å². The third-order valence-corrected chi connectivity index (χ3v) is 4.71. The molecule has 1 N–H and O–H groups in total. The molecular formula is C23H21FN2O4S. The van der Waals surface area contributed by atoms with Crippen molar-refractivity contribution in [1.82, 2.24) is 10.2 Å². The maximum absolute atomic E-state index is 13.1. The standard InChI is InChI=1S/C23H21FN2O4S/c1-3-11-26-22(28)18(21(27)25-23(26)31)12-16-7-10-19(20(13-16)29-4-2)30-14-15-5-8-17(24)9-6-15/h3,5-10,12-13H,1,4,11,14H2,2H3,(H,25,27,31)/b18-12+. The number of hydrogen-bond donors (Lipinski definition) is 1. The lowest BCUT2D eigenvalue weighted by Crippen LogP contribution is -2.53. The molecule has 0 radical (unpaired) electrons. The van der Waals surface area contributed by atoms with Gasteiger partial charge in [-0.05, 0) is 60.6 Å². The van der Waals surface area contributed by atoms with Crippen LogP contribution in [0.1, 0.15) is 18.1 Å². The van der Waals surface area contributed by atoms with Gasteiger partial charge < -0.3 is 9.47 Å². The maximum atomic E-state index is 13.1. The Morgan fingerprint density at radius 1 is 1.13 bits per heavy atom. The fourth-order valence-electron chi connectivity index (χ4n) is 2.90. The predicted octanol–water partition coefficient (Wildman–Crippen LogP) is 3.62. The van der Waals surface area contributed by atoms with E-state index in [-0.39, 0.29) is 29.7 Å². The van der Waals surface area contributed by atoms with Gasteiger partial charge in [0.05, 0.1) is 6.61 Å². The monoisotopic (exact) mass is 440 g/mol. The van der Waals surface area contributed by atoms with Crippen LogP contribution < -0.4 is 14.8 Å². The molecule has 1 fully saturated rings. The van der Waals surface area contributed by atoms with E-state index < -0.39 is 11.8 Å². The molecule has 160 valence electrons. The highest BCUT2D eigenvalue weighted by molar-refractivity contribution is 7.80. The van der Waals surface area contributed by atoms with Gasteiger partial charge in [0, 0.05) is 6.54 Å². The second-order valence-corrected chi connectivity index (χ2v) is 6.96. The van der Waals surface area contributed by atoms with Crippen molar-refractivity contribution in [2.45, 2.75) is 13.5 Å². The van der Waals surface area contributed by atoms with Gasteiger partial charge in [-0.3, -0.25) is 19.8 Å². The smallest absolute Gasteiger partial charge is 0.265 e. The minimum atomic E-state index is -0.565. The Bertz CT molecular complexity index is 1050. The largest absolute Gasteiger partial charge is 0.490 e. The van der Waals surface area contributed by atoms with Crippen LogP contribution in [-0.2, 0) is 16.2 Å². The summed E-state index contributed by atoms with van der Waals surface area (Å²) in [5.41, 5.74) is 1.35. The predicted molar refractivity (Wildman–Crippen MR) is 119 cm³/mol. The first kappa shape index (κ1) is 22.2. The molecule has 1 saturated heterocycles. The van der Waals surface area contributed by atoms with Gasteiger partial charge in [-0.2, -0.15) is 0 Å². The fraction of sp³-hybridized carbons (Fsp3) is 0.174. The van der Waals surface area contributed by atoms with Crippen LogP contribution in [-0.4, -0.2) is 35.0 Å². The molecule has 1 aliphatic rings. The van der Waals surface area contributed by atoms with Crippen molar-refractivity contribution in [2.24, 2.45) is 0 Å². The molecule has 2 aromatic rings. The summed E-state index contributed by atoms with van der Waals surface area (Å²) in [7, 11) is 0. The lowest BCUT2D eigenvalue weighted by Gasteiger charge is -2.27. The summed E-state index contributed by atoms with van der Waals surface area (Å²) in [6, 6.07) is 11.1. The zero-order valence-corrected chi connectivity index (χ0v) is 17.7. The Morgan fingerprint density at radius 3 is 2.55 bits per heavy atom. The molecule has 0 spiro atoms. The lowest BCUT2D eigenvalue weighted by molar-refractivity contribution is -0.128. The molecule has 31 heavy (non-hydrogen) atoms. The summed E-state index contributed by atoms with van der Waals surface area (Å²) in [6.07, 6.45) is 3.00. The number of benzene rings is 2. The van der Waals surface area contributed by atoms with Gasteiger partial charge in [0.15, 0.2) is 16.6 Å². The van der Waals surface area contributed by atoms with Crippen molar-refractivity contribution in [2.75, 3.05) is 13.2 Å².